The van der Waals surface area contributed by atoms with Gasteiger partial charge in [0.05, 0.1) is 6.07 Å². The van der Waals surface area contributed by atoms with Gasteiger partial charge in [-0.25, -0.2) is 0 Å². The van der Waals surface area contributed by atoms with Crippen LogP contribution in [0.15, 0.2) is 0 Å². The molecule has 1 heteroatoms. The molecule has 2 fully saturated rings. The van der Waals surface area contributed by atoms with Crippen molar-refractivity contribution in [3.8, 4) is 6.07 Å². The van der Waals surface area contributed by atoms with Crippen molar-refractivity contribution in [3.63, 3.8) is 0 Å². The number of rotatable bonds is 7. The summed E-state index contributed by atoms with van der Waals surface area (Å²) in [6, 6.07) is 2.69. The topological polar surface area (TPSA) is 23.8 Å². The van der Waals surface area contributed by atoms with Gasteiger partial charge >= 0.3 is 0 Å². The Morgan fingerprint density at radius 1 is 0.783 bits per heavy atom. The zero-order chi connectivity index (χ0) is 16.7. The lowest BCUT2D eigenvalue weighted by molar-refractivity contribution is 0.173. The minimum atomic E-state index is 0.337. The molecule has 0 aromatic rings. The van der Waals surface area contributed by atoms with Gasteiger partial charge in [-0.3, -0.25) is 0 Å². The molecule has 0 aromatic carbocycles. The summed E-state index contributed by atoms with van der Waals surface area (Å²) in [5.41, 5.74) is 0. The third-order valence-electron chi connectivity index (χ3n) is 7.03. The van der Waals surface area contributed by atoms with E-state index in [1.165, 1.54) is 77.0 Å². The maximum absolute atomic E-state index is 9.68. The minimum absolute atomic E-state index is 0.337. The van der Waals surface area contributed by atoms with Crippen LogP contribution in [0, 0.1) is 46.8 Å². The van der Waals surface area contributed by atoms with Crippen LogP contribution in [0.1, 0.15) is 97.8 Å². The smallest absolute Gasteiger partial charge is 0.0658 e. The van der Waals surface area contributed by atoms with Crippen LogP contribution >= 0.6 is 0 Å². The zero-order valence-corrected chi connectivity index (χ0v) is 15.9. The molecule has 23 heavy (non-hydrogen) atoms. The quantitative estimate of drug-likeness (QED) is 0.497. The lowest BCUT2D eigenvalue weighted by Crippen LogP contribution is -2.24. The summed E-state index contributed by atoms with van der Waals surface area (Å²) in [6.07, 6.45) is 16.3. The molecule has 2 saturated carbocycles. The fourth-order valence-electron chi connectivity index (χ4n) is 5.23. The summed E-state index contributed by atoms with van der Waals surface area (Å²) in [7, 11) is 0. The molecule has 2 aliphatic carbocycles. The van der Waals surface area contributed by atoms with Crippen molar-refractivity contribution < 1.29 is 0 Å². The van der Waals surface area contributed by atoms with Crippen molar-refractivity contribution >= 4 is 0 Å². The highest BCUT2D eigenvalue weighted by atomic mass is 14.4. The molecule has 0 saturated heterocycles. The third-order valence-corrected chi connectivity index (χ3v) is 7.03. The lowest BCUT2D eigenvalue weighted by Gasteiger charge is -2.34. The van der Waals surface area contributed by atoms with E-state index in [4.69, 9.17) is 0 Å². The molecule has 0 bridgehead atoms. The second-order valence-electron chi connectivity index (χ2n) is 8.90. The Labute approximate surface area is 145 Å². The average Bonchev–Trinajstić information content (AvgIpc) is 2.56. The summed E-state index contributed by atoms with van der Waals surface area (Å²) in [4.78, 5) is 0. The van der Waals surface area contributed by atoms with Gasteiger partial charge in [-0.1, -0.05) is 59.3 Å². The van der Waals surface area contributed by atoms with Crippen LogP contribution < -0.4 is 0 Å². The van der Waals surface area contributed by atoms with Crippen LogP contribution in [-0.2, 0) is 0 Å². The van der Waals surface area contributed by atoms with E-state index in [0.717, 1.165) is 23.7 Å². The van der Waals surface area contributed by atoms with Gasteiger partial charge in [-0.15, -0.1) is 0 Å². The fraction of sp³-hybridized carbons (Fsp3) is 0.955. The van der Waals surface area contributed by atoms with Crippen LogP contribution in [0.5, 0.6) is 0 Å². The maximum Gasteiger partial charge on any atom is 0.0658 e. The molecule has 132 valence electrons. The van der Waals surface area contributed by atoms with Crippen LogP contribution in [0.3, 0.4) is 0 Å². The molecule has 0 aromatic heterocycles. The number of hydrogen-bond donors (Lipinski definition) is 0. The van der Waals surface area contributed by atoms with Gasteiger partial charge in [0.25, 0.3) is 0 Å². The average molecular weight is 318 g/mol. The van der Waals surface area contributed by atoms with Gasteiger partial charge < -0.3 is 0 Å². The van der Waals surface area contributed by atoms with Gasteiger partial charge in [-0.2, -0.15) is 5.26 Å². The lowest BCUT2D eigenvalue weighted by atomic mass is 9.71. The number of nitrogens with zero attached hydrogens (tertiary/aromatic N) is 1. The summed E-state index contributed by atoms with van der Waals surface area (Å²) < 4.78 is 0. The molecular weight excluding hydrogens is 278 g/mol. The first-order valence-electron chi connectivity index (χ1n) is 10.5. The van der Waals surface area contributed by atoms with Gasteiger partial charge in [0, 0.05) is 5.92 Å². The molecule has 0 N–H and O–H groups in total. The van der Waals surface area contributed by atoms with Crippen LogP contribution in [0.25, 0.3) is 0 Å². The first-order chi connectivity index (χ1) is 11.1. The summed E-state index contributed by atoms with van der Waals surface area (Å²) in [5, 5.41) is 9.68. The molecule has 0 heterocycles. The maximum atomic E-state index is 9.68. The standard InChI is InChI=1S/C22H39N/c1-4-5-19(20-10-6-17(2)7-11-20)14-15-22(16-23)21-12-8-18(3)9-13-21/h17-22H,4-15H2,1-3H3. The summed E-state index contributed by atoms with van der Waals surface area (Å²) in [6.45, 7) is 7.13. The van der Waals surface area contributed by atoms with Crippen molar-refractivity contribution in [2.45, 2.75) is 97.8 Å². The van der Waals surface area contributed by atoms with Crippen LogP contribution in [0.2, 0.25) is 0 Å². The van der Waals surface area contributed by atoms with Gasteiger partial charge in [0.2, 0.25) is 0 Å². The molecule has 2 rings (SSSR count). The van der Waals surface area contributed by atoms with E-state index >= 15 is 0 Å². The fourth-order valence-corrected chi connectivity index (χ4v) is 5.23. The minimum Gasteiger partial charge on any atom is -0.198 e. The van der Waals surface area contributed by atoms with E-state index in [1.807, 2.05) is 0 Å². The molecule has 0 aliphatic heterocycles. The first kappa shape index (κ1) is 18.8. The Bertz CT molecular complexity index is 353. The summed E-state index contributed by atoms with van der Waals surface area (Å²) >= 11 is 0. The molecule has 0 amide bonds. The Morgan fingerprint density at radius 2 is 1.30 bits per heavy atom. The highest BCUT2D eigenvalue weighted by Gasteiger charge is 2.29. The van der Waals surface area contributed by atoms with Gasteiger partial charge in [0.15, 0.2) is 0 Å². The first-order valence-corrected chi connectivity index (χ1v) is 10.5. The zero-order valence-electron chi connectivity index (χ0n) is 15.9. The van der Waals surface area contributed by atoms with E-state index in [9.17, 15) is 5.26 Å². The van der Waals surface area contributed by atoms with E-state index in [-0.39, 0.29) is 0 Å². The molecule has 2 atom stereocenters. The highest BCUT2D eigenvalue weighted by Crippen LogP contribution is 2.40. The van der Waals surface area contributed by atoms with Gasteiger partial charge in [0.1, 0.15) is 0 Å². The Kier molecular flexibility index (Phi) is 7.94. The predicted octanol–water partition coefficient (Wildman–Crippen LogP) is 6.98. The third kappa shape index (κ3) is 5.81. The Morgan fingerprint density at radius 3 is 1.78 bits per heavy atom. The molecule has 2 aliphatic rings. The van der Waals surface area contributed by atoms with Crippen molar-refractivity contribution in [2.75, 3.05) is 0 Å². The Balaban J connectivity index is 1.83. The second kappa shape index (κ2) is 9.71. The van der Waals surface area contributed by atoms with Crippen molar-refractivity contribution in [2.24, 2.45) is 35.5 Å². The largest absolute Gasteiger partial charge is 0.198 e. The van der Waals surface area contributed by atoms with Crippen molar-refractivity contribution in [1.82, 2.24) is 0 Å². The number of hydrogen-bond acceptors (Lipinski definition) is 1. The molecule has 0 radical (unpaired) electrons. The Hall–Kier alpha value is -0.510. The van der Waals surface area contributed by atoms with E-state index in [2.05, 4.69) is 26.8 Å². The molecule has 0 spiro atoms. The van der Waals surface area contributed by atoms with Crippen LogP contribution in [-0.4, -0.2) is 0 Å². The summed E-state index contributed by atoms with van der Waals surface area (Å²) in [5.74, 6) is 4.73. The molecule has 2 unspecified atom stereocenters. The highest BCUT2D eigenvalue weighted by molar-refractivity contribution is 4.91. The SMILES string of the molecule is CCCC(CCC(C#N)C1CCC(C)CC1)C1CCC(C)CC1. The van der Waals surface area contributed by atoms with Crippen LogP contribution in [0.4, 0.5) is 0 Å². The monoisotopic (exact) mass is 317 g/mol. The molecule has 1 nitrogen and oxygen atoms in total. The van der Waals surface area contributed by atoms with E-state index < -0.39 is 0 Å². The second-order valence-corrected chi connectivity index (χ2v) is 8.90. The molecular formula is C22H39N. The van der Waals surface area contributed by atoms with E-state index in [0.29, 0.717) is 11.8 Å². The van der Waals surface area contributed by atoms with Crippen molar-refractivity contribution in [3.05, 3.63) is 0 Å². The van der Waals surface area contributed by atoms with Gasteiger partial charge in [-0.05, 0) is 68.1 Å². The predicted molar refractivity (Wildman–Crippen MR) is 99.0 cm³/mol. The van der Waals surface area contributed by atoms with E-state index in [1.54, 1.807) is 0 Å². The van der Waals surface area contributed by atoms with Crippen molar-refractivity contribution in [1.29, 1.82) is 5.26 Å². The number of nitriles is 1. The normalized spacial score (nSPS) is 34.5.